The molecule has 0 aliphatic rings. The highest BCUT2D eigenvalue weighted by Crippen LogP contribution is 2.02. The van der Waals surface area contributed by atoms with Gasteiger partial charge in [-0.1, -0.05) is 30.3 Å². The number of ether oxygens (including phenoxy) is 1. The smallest absolute Gasteiger partial charge is 0.407 e. The second kappa shape index (κ2) is 6.25. The van der Waals surface area contributed by atoms with E-state index in [-0.39, 0.29) is 5.54 Å². The number of amides is 1. The number of benzene rings is 1. The summed E-state index contributed by atoms with van der Waals surface area (Å²) in [4.78, 5) is 11.3. The van der Waals surface area contributed by atoms with Gasteiger partial charge < -0.3 is 15.8 Å². The van der Waals surface area contributed by atoms with Crippen molar-refractivity contribution < 1.29 is 9.53 Å². The Morgan fingerprint density at radius 1 is 1.35 bits per heavy atom. The minimum Gasteiger partial charge on any atom is -0.445 e. The highest BCUT2D eigenvalue weighted by atomic mass is 16.5. The Labute approximate surface area is 102 Å². The Morgan fingerprint density at radius 3 is 2.59 bits per heavy atom. The average Bonchev–Trinajstić information content (AvgIpc) is 2.26. The number of hydrogen-bond donors (Lipinski definition) is 2. The average molecular weight is 236 g/mol. The molecule has 0 aliphatic carbocycles. The summed E-state index contributed by atoms with van der Waals surface area (Å²) in [6.45, 7) is 4.66. The number of carbonyl (C=O) groups is 1. The van der Waals surface area contributed by atoms with Gasteiger partial charge in [0.25, 0.3) is 0 Å². The molecule has 0 fully saturated rings. The molecule has 0 unspecified atom stereocenters. The van der Waals surface area contributed by atoms with Crippen molar-refractivity contribution in [1.82, 2.24) is 5.32 Å². The summed E-state index contributed by atoms with van der Waals surface area (Å²) in [6, 6.07) is 9.57. The van der Waals surface area contributed by atoms with Crippen LogP contribution in [0.3, 0.4) is 0 Å². The van der Waals surface area contributed by atoms with Gasteiger partial charge in [0.05, 0.1) is 0 Å². The fourth-order valence-corrected chi connectivity index (χ4v) is 1.26. The molecule has 1 aromatic rings. The van der Waals surface area contributed by atoms with Crippen LogP contribution in [0.25, 0.3) is 0 Å². The summed E-state index contributed by atoms with van der Waals surface area (Å²) in [7, 11) is 0. The van der Waals surface area contributed by atoms with Crippen LogP contribution in [-0.2, 0) is 11.3 Å². The van der Waals surface area contributed by atoms with E-state index in [0.717, 1.165) is 5.56 Å². The van der Waals surface area contributed by atoms with Crippen molar-refractivity contribution in [3.63, 3.8) is 0 Å². The van der Waals surface area contributed by atoms with Crippen molar-refractivity contribution in [3.8, 4) is 0 Å². The van der Waals surface area contributed by atoms with Crippen LogP contribution >= 0.6 is 0 Å². The zero-order chi connectivity index (χ0) is 12.7. The van der Waals surface area contributed by atoms with Crippen LogP contribution in [0.4, 0.5) is 4.79 Å². The molecule has 4 nitrogen and oxygen atoms in total. The lowest BCUT2D eigenvalue weighted by Crippen LogP contribution is -2.37. The third-order valence-corrected chi connectivity index (χ3v) is 2.25. The maximum absolute atomic E-state index is 11.3. The van der Waals surface area contributed by atoms with Gasteiger partial charge in [0.1, 0.15) is 6.61 Å². The summed E-state index contributed by atoms with van der Waals surface area (Å²) in [6.07, 6.45) is 0.311. The van der Waals surface area contributed by atoms with Gasteiger partial charge in [-0.05, 0) is 25.8 Å². The molecule has 17 heavy (non-hydrogen) atoms. The normalized spacial score (nSPS) is 11.0. The van der Waals surface area contributed by atoms with Crippen LogP contribution in [0.5, 0.6) is 0 Å². The molecule has 0 atom stereocenters. The topological polar surface area (TPSA) is 64.3 Å². The molecule has 0 aromatic heterocycles. The van der Waals surface area contributed by atoms with Crippen molar-refractivity contribution in [1.29, 1.82) is 0 Å². The third kappa shape index (κ3) is 6.58. The van der Waals surface area contributed by atoms with Crippen molar-refractivity contribution in [3.05, 3.63) is 35.9 Å². The predicted molar refractivity (Wildman–Crippen MR) is 67.5 cm³/mol. The number of nitrogens with one attached hydrogen (secondary N) is 1. The van der Waals surface area contributed by atoms with E-state index in [1.807, 2.05) is 44.2 Å². The number of alkyl carbamates (subject to hydrolysis) is 1. The van der Waals surface area contributed by atoms with Crippen molar-refractivity contribution in [2.45, 2.75) is 32.4 Å². The molecule has 1 amide bonds. The van der Waals surface area contributed by atoms with E-state index in [0.29, 0.717) is 19.6 Å². The van der Waals surface area contributed by atoms with E-state index in [1.165, 1.54) is 0 Å². The van der Waals surface area contributed by atoms with Crippen LogP contribution < -0.4 is 11.1 Å². The van der Waals surface area contributed by atoms with E-state index in [9.17, 15) is 4.79 Å². The maximum atomic E-state index is 11.3. The Morgan fingerprint density at radius 2 is 2.00 bits per heavy atom. The third-order valence-electron chi connectivity index (χ3n) is 2.25. The van der Waals surface area contributed by atoms with Crippen LogP contribution in [0.2, 0.25) is 0 Å². The number of nitrogens with two attached hydrogens (primary N) is 1. The lowest BCUT2D eigenvalue weighted by molar-refractivity contribution is 0.139. The molecule has 3 N–H and O–H groups in total. The summed E-state index contributed by atoms with van der Waals surface area (Å²) < 4.78 is 5.05. The van der Waals surface area contributed by atoms with Gasteiger partial charge in [0, 0.05) is 12.1 Å². The largest absolute Gasteiger partial charge is 0.445 e. The molecule has 0 heterocycles. The zero-order valence-corrected chi connectivity index (χ0v) is 10.4. The fourth-order valence-electron chi connectivity index (χ4n) is 1.26. The Bertz CT molecular complexity index is 344. The lowest BCUT2D eigenvalue weighted by atomic mass is 10.0. The summed E-state index contributed by atoms with van der Waals surface area (Å²) in [5, 5.41) is 2.67. The van der Waals surface area contributed by atoms with Crippen LogP contribution in [0.1, 0.15) is 25.8 Å². The highest BCUT2D eigenvalue weighted by molar-refractivity contribution is 5.67. The summed E-state index contributed by atoms with van der Waals surface area (Å²) >= 11 is 0. The molecule has 94 valence electrons. The first-order chi connectivity index (χ1) is 7.97. The van der Waals surface area contributed by atoms with Gasteiger partial charge in [-0.15, -0.1) is 0 Å². The van der Waals surface area contributed by atoms with E-state index in [2.05, 4.69) is 5.32 Å². The zero-order valence-electron chi connectivity index (χ0n) is 10.4. The highest BCUT2D eigenvalue weighted by Gasteiger charge is 2.10. The van der Waals surface area contributed by atoms with Crippen LogP contribution in [-0.4, -0.2) is 18.2 Å². The van der Waals surface area contributed by atoms with Crippen LogP contribution in [0.15, 0.2) is 30.3 Å². The fraction of sp³-hybridized carbons (Fsp3) is 0.462. The number of hydrogen-bond acceptors (Lipinski definition) is 3. The van der Waals surface area contributed by atoms with Gasteiger partial charge in [-0.25, -0.2) is 4.79 Å². The van der Waals surface area contributed by atoms with E-state index in [1.54, 1.807) is 0 Å². The first-order valence-electron chi connectivity index (χ1n) is 5.71. The molecular weight excluding hydrogens is 216 g/mol. The lowest BCUT2D eigenvalue weighted by Gasteiger charge is -2.18. The van der Waals surface area contributed by atoms with Gasteiger partial charge in [0.15, 0.2) is 0 Å². The molecule has 0 saturated heterocycles. The monoisotopic (exact) mass is 236 g/mol. The molecule has 0 saturated carbocycles. The molecule has 1 rings (SSSR count). The molecule has 0 radical (unpaired) electrons. The predicted octanol–water partition coefficient (Wildman–Crippen LogP) is 2.04. The SMILES string of the molecule is CC(C)(N)CCNC(=O)OCc1ccccc1. The Hall–Kier alpha value is -1.55. The number of carbonyl (C=O) groups excluding carboxylic acids is 1. The molecular formula is C13H20N2O2. The van der Waals surface area contributed by atoms with Gasteiger partial charge in [-0.2, -0.15) is 0 Å². The molecule has 0 bridgehead atoms. The first kappa shape index (κ1) is 13.5. The van der Waals surface area contributed by atoms with Crippen LogP contribution in [0, 0.1) is 0 Å². The molecule has 0 spiro atoms. The summed E-state index contributed by atoms with van der Waals surface area (Å²) in [5.41, 5.74) is 6.50. The van der Waals surface area contributed by atoms with E-state index >= 15 is 0 Å². The second-order valence-corrected chi connectivity index (χ2v) is 4.73. The standard InChI is InChI=1S/C13H20N2O2/c1-13(2,14)8-9-15-12(16)17-10-11-6-4-3-5-7-11/h3-7H,8-10,14H2,1-2H3,(H,15,16). The first-order valence-corrected chi connectivity index (χ1v) is 5.71. The Balaban J connectivity index is 2.18. The van der Waals surface area contributed by atoms with Crippen molar-refractivity contribution in [2.24, 2.45) is 5.73 Å². The molecule has 0 aliphatic heterocycles. The van der Waals surface area contributed by atoms with E-state index < -0.39 is 6.09 Å². The second-order valence-electron chi connectivity index (χ2n) is 4.73. The molecule has 1 aromatic carbocycles. The maximum Gasteiger partial charge on any atom is 0.407 e. The minimum atomic E-state index is -0.405. The quantitative estimate of drug-likeness (QED) is 0.822. The van der Waals surface area contributed by atoms with Gasteiger partial charge in [-0.3, -0.25) is 0 Å². The minimum absolute atomic E-state index is 0.271. The van der Waals surface area contributed by atoms with Crippen molar-refractivity contribution in [2.75, 3.05) is 6.54 Å². The summed E-state index contributed by atoms with van der Waals surface area (Å²) in [5.74, 6) is 0. The Kier molecular flexibility index (Phi) is 4.97. The van der Waals surface area contributed by atoms with Gasteiger partial charge >= 0.3 is 6.09 Å². The van der Waals surface area contributed by atoms with Gasteiger partial charge in [0.2, 0.25) is 0 Å². The number of rotatable bonds is 5. The molecule has 4 heteroatoms. The van der Waals surface area contributed by atoms with E-state index in [4.69, 9.17) is 10.5 Å². The van der Waals surface area contributed by atoms with Crippen molar-refractivity contribution >= 4 is 6.09 Å².